The van der Waals surface area contributed by atoms with E-state index in [1.807, 2.05) is 30.3 Å². The van der Waals surface area contributed by atoms with Gasteiger partial charge in [0.25, 0.3) is 0 Å². The molecule has 34 heavy (non-hydrogen) atoms. The molecule has 0 bridgehead atoms. The molecule has 0 unspecified atom stereocenters. The fourth-order valence-corrected chi connectivity index (χ4v) is 4.75. The monoisotopic (exact) mass is 510 g/mol. The van der Waals surface area contributed by atoms with Crippen LogP contribution in [0.1, 0.15) is 5.69 Å². The maximum Gasteiger partial charge on any atom is 0.231 e. The number of benzene rings is 3. The summed E-state index contributed by atoms with van der Waals surface area (Å²) in [5.74, 6) is 0.894. The minimum atomic E-state index is -0.498. The van der Waals surface area contributed by atoms with Crippen molar-refractivity contribution >= 4 is 51.4 Å². The van der Waals surface area contributed by atoms with Crippen molar-refractivity contribution in [2.75, 3.05) is 6.79 Å². The van der Waals surface area contributed by atoms with Gasteiger partial charge >= 0.3 is 0 Å². The zero-order valence-corrected chi connectivity index (χ0v) is 19.5. The highest BCUT2D eigenvalue weighted by molar-refractivity contribution is 7.19. The van der Waals surface area contributed by atoms with Crippen molar-refractivity contribution in [1.29, 1.82) is 0 Å². The van der Waals surface area contributed by atoms with Crippen molar-refractivity contribution in [3.8, 4) is 33.3 Å². The molecule has 0 saturated carbocycles. The highest BCUT2D eigenvalue weighted by Crippen LogP contribution is 2.38. The summed E-state index contributed by atoms with van der Waals surface area (Å²) in [5.41, 5.74) is 3.63. The van der Waals surface area contributed by atoms with Crippen LogP contribution in [0.3, 0.4) is 0 Å². The summed E-state index contributed by atoms with van der Waals surface area (Å²) in [6, 6.07) is 17.4. The van der Waals surface area contributed by atoms with E-state index in [1.54, 1.807) is 28.9 Å². The van der Waals surface area contributed by atoms with Gasteiger partial charge in [0.05, 0.1) is 16.9 Å². The number of fused-ring (bicyclic) bond motifs is 2. The van der Waals surface area contributed by atoms with Crippen LogP contribution in [0.4, 0.5) is 10.1 Å². The fourth-order valence-electron chi connectivity index (χ4n) is 3.55. The Bertz CT molecular complexity index is 1580. The molecule has 0 radical (unpaired) electrons. The van der Waals surface area contributed by atoms with E-state index in [-0.39, 0.29) is 11.8 Å². The summed E-state index contributed by atoms with van der Waals surface area (Å²) in [5, 5.41) is 6.19. The van der Waals surface area contributed by atoms with Gasteiger partial charge in [-0.1, -0.05) is 46.7 Å². The van der Waals surface area contributed by atoms with Gasteiger partial charge in [0.1, 0.15) is 22.2 Å². The Morgan fingerprint density at radius 1 is 0.971 bits per heavy atom. The van der Waals surface area contributed by atoms with Crippen LogP contribution >= 0.6 is 34.5 Å². The van der Waals surface area contributed by atoms with Crippen LogP contribution in [0.5, 0.6) is 11.5 Å². The molecule has 6 rings (SSSR count). The Kier molecular flexibility index (Phi) is 5.21. The molecule has 3 aromatic carbocycles. The molecule has 3 heterocycles. The van der Waals surface area contributed by atoms with E-state index >= 15 is 0 Å². The molecule has 0 aliphatic carbocycles. The van der Waals surface area contributed by atoms with Gasteiger partial charge in [0.2, 0.25) is 11.8 Å². The first-order chi connectivity index (χ1) is 16.5. The Morgan fingerprint density at radius 2 is 1.76 bits per heavy atom. The molecule has 0 atom stereocenters. The number of aliphatic imine (C=N–C) groups is 1. The maximum absolute atomic E-state index is 13.6. The second-order valence-electron chi connectivity index (χ2n) is 7.38. The standard InChI is InChI=1S/C24H13Cl2FN4O2S/c25-15-4-1-13(2-5-15)22-19(11-28-16-6-7-18(27)17(26)10-16)31-24(29-22)34-23(30-31)14-3-8-20-21(9-14)33-12-32-20/h1-11H,12H2. The Labute approximate surface area is 206 Å². The summed E-state index contributed by atoms with van der Waals surface area (Å²) in [4.78, 5) is 10.0. The second kappa shape index (κ2) is 8.39. The summed E-state index contributed by atoms with van der Waals surface area (Å²) in [6.07, 6.45) is 1.65. The van der Waals surface area contributed by atoms with Crippen molar-refractivity contribution in [3.63, 3.8) is 0 Å². The van der Waals surface area contributed by atoms with E-state index < -0.39 is 5.82 Å². The number of hydrogen-bond donors (Lipinski definition) is 0. The molecule has 0 saturated heterocycles. The van der Waals surface area contributed by atoms with Gasteiger partial charge in [-0.15, -0.1) is 0 Å². The number of ether oxygens (including phenoxy) is 2. The van der Waals surface area contributed by atoms with Gasteiger partial charge in [-0.3, -0.25) is 4.99 Å². The van der Waals surface area contributed by atoms with Gasteiger partial charge in [-0.2, -0.15) is 5.10 Å². The zero-order valence-electron chi connectivity index (χ0n) is 17.2. The Balaban J connectivity index is 1.47. The van der Waals surface area contributed by atoms with E-state index in [0.29, 0.717) is 38.6 Å². The number of nitrogens with zero attached hydrogens (tertiary/aromatic N) is 4. The largest absolute Gasteiger partial charge is 0.454 e. The molecule has 6 nitrogen and oxygen atoms in total. The number of aromatic nitrogens is 3. The van der Waals surface area contributed by atoms with Crippen molar-refractivity contribution in [3.05, 3.63) is 82.2 Å². The molecule has 1 aliphatic rings. The molecule has 1 aliphatic heterocycles. The van der Waals surface area contributed by atoms with Gasteiger partial charge in [0.15, 0.2) is 11.5 Å². The lowest BCUT2D eigenvalue weighted by Gasteiger charge is -2.01. The zero-order chi connectivity index (χ0) is 23.2. The second-order valence-corrected chi connectivity index (χ2v) is 9.18. The molecule has 0 spiro atoms. The van der Waals surface area contributed by atoms with E-state index in [2.05, 4.69) is 4.99 Å². The molecule has 0 N–H and O–H groups in total. The topological polar surface area (TPSA) is 61.0 Å². The molecule has 168 valence electrons. The van der Waals surface area contributed by atoms with E-state index in [0.717, 1.165) is 16.1 Å². The maximum atomic E-state index is 13.6. The van der Waals surface area contributed by atoms with Gasteiger partial charge in [0, 0.05) is 16.1 Å². The van der Waals surface area contributed by atoms with E-state index in [4.69, 9.17) is 42.8 Å². The fraction of sp³-hybridized carbons (Fsp3) is 0.0417. The van der Waals surface area contributed by atoms with Crippen LogP contribution in [-0.4, -0.2) is 27.6 Å². The minimum Gasteiger partial charge on any atom is -0.454 e. The molecule has 0 fully saturated rings. The summed E-state index contributed by atoms with van der Waals surface area (Å²) in [7, 11) is 0. The summed E-state index contributed by atoms with van der Waals surface area (Å²) < 4.78 is 26.2. The summed E-state index contributed by atoms with van der Waals surface area (Å²) in [6.45, 7) is 0.207. The molecule has 10 heteroatoms. The van der Waals surface area contributed by atoms with Gasteiger partial charge < -0.3 is 9.47 Å². The third-order valence-corrected chi connectivity index (χ3v) is 6.71. The quantitative estimate of drug-likeness (QED) is 0.243. The minimum absolute atomic E-state index is 0.00441. The lowest BCUT2D eigenvalue weighted by Crippen LogP contribution is -1.95. The summed E-state index contributed by atoms with van der Waals surface area (Å²) >= 11 is 13.4. The smallest absolute Gasteiger partial charge is 0.231 e. The average molecular weight is 511 g/mol. The third-order valence-electron chi connectivity index (χ3n) is 5.21. The molecule has 5 aromatic rings. The first kappa shape index (κ1) is 21.1. The predicted molar refractivity (Wildman–Crippen MR) is 132 cm³/mol. The molecular formula is C24H13Cl2FN4O2S. The Morgan fingerprint density at radius 3 is 2.59 bits per heavy atom. The van der Waals surface area contributed by atoms with Crippen molar-refractivity contribution in [2.45, 2.75) is 0 Å². The average Bonchev–Trinajstić information content (AvgIpc) is 3.54. The Hall–Kier alpha value is -3.46. The van der Waals surface area contributed by atoms with Crippen LogP contribution < -0.4 is 9.47 Å². The number of halogens is 3. The highest BCUT2D eigenvalue weighted by atomic mass is 35.5. The van der Waals surface area contributed by atoms with Gasteiger partial charge in [-0.05, 0) is 48.5 Å². The van der Waals surface area contributed by atoms with Crippen LogP contribution in [0.2, 0.25) is 10.0 Å². The van der Waals surface area contributed by atoms with Crippen molar-refractivity contribution in [1.82, 2.24) is 14.6 Å². The van der Waals surface area contributed by atoms with Crippen LogP contribution in [-0.2, 0) is 0 Å². The van der Waals surface area contributed by atoms with Crippen molar-refractivity contribution in [2.24, 2.45) is 4.99 Å². The molecule has 2 aromatic heterocycles. The lowest BCUT2D eigenvalue weighted by molar-refractivity contribution is 0.174. The third kappa shape index (κ3) is 3.79. The first-order valence-electron chi connectivity index (χ1n) is 10.1. The normalized spacial score (nSPS) is 12.8. The lowest BCUT2D eigenvalue weighted by atomic mass is 10.1. The number of hydrogen-bond acceptors (Lipinski definition) is 6. The first-order valence-corrected chi connectivity index (χ1v) is 11.7. The van der Waals surface area contributed by atoms with E-state index in [1.165, 1.54) is 23.5 Å². The predicted octanol–water partition coefficient (Wildman–Crippen LogP) is 7.05. The van der Waals surface area contributed by atoms with Crippen LogP contribution in [0.15, 0.2) is 65.7 Å². The van der Waals surface area contributed by atoms with Crippen LogP contribution in [0.25, 0.3) is 26.8 Å². The van der Waals surface area contributed by atoms with Gasteiger partial charge in [-0.25, -0.2) is 13.9 Å². The van der Waals surface area contributed by atoms with Crippen molar-refractivity contribution < 1.29 is 13.9 Å². The number of imidazole rings is 1. The SMILES string of the molecule is Fc1ccc(N=Cc2c(-c3ccc(Cl)cc3)nc3sc(-c4ccc5c(c4)OCO5)nn23)cc1Cl. The number of rotatable bonds is 4. The molecule has 0 amide bonds. The molecular weight excluding hydrogens is 498 g/mol. The van der Waals surface area contributed by atoms with Crippen LogP contribution in [0, 0.1) is 5.82 Å². The highest BCUT2D eigenvalue weighted by Gasteiger charge is 2.20. The van der Waals surface area contributed by atoms with E-state index in [9.17, 15) is 4.39 Å².